The van der Waals surface area contributed by atoms with E-state index in [-0.39, 0.29) is 5.97 Å². The van der Waals surface area contributed by atoms with Gasteiger partial charge in [-0.1, -0.05) is 6.92 Å². The van der Waals surface area contributed by atoms with Gasteiger partial charge in [-0.25, -0.2) is 0 Å². The van der Waals surface area contributed by atoms with Gasteiger partial charge in [0.15, 0.2) is 0 Å². The zero-order valence-electron chi connectivity index (χ0n) is 11.4. The third-order valence-electron chi connectivity index (χ3n) is 2.05. The van der Waals surface area contributed by atoms with Crippen molar-refractivity contribution in [2.24, 2.45) is 0 Å². The number of carbonyl (C=O) groups excluding carboxylic acids is 1. The molecule has 0 fully saturated rings. The molecule has 0 bridgehead atoms. The summed E-state index contributed by atoms with van der Waals surface area (Å²) in [7, 11) is 1.63. The lowest BCUT2D eigenvalue weighted by molar-refractivity contribution is -0.145. The molecular formula is C12H25NO5. The van der Waals surface area contributed by atoms with Crippen molar-refractivity contribution in [3.63, 3.8) is 0 Å². The van der Waals surface area contributed by atoms with Crippen LogP contribution in [0.3, 0.4) is 0 Å². The van der Waals surface area contributed by atoms with Crippen LogP contribution in [-0.2, 0) is 23.7 Å². The number of nitrogens with one attached hydrogen (secondary N) is 1. The maximum Gasteiger partial charge on any atom is 0.307 e. The quantitative estimate of drug-likeness (QED) is 0.378. The van der Waals surface area contributed by atoms with E-state index in [1.807, 2.05) is 6.92 Å². The molecule has 0 saturated carbocycles. The number of rotatable bonds is 13. The number of hydrogen-bond donors (Lipinski definition) is 1. The van der Waals surface area contributed by atoms with E-state index in [0.717, 1.165) is 6.54 Å². The second-order valence-electron chi connectivity index (χ2n) is 3.54. The standard InChI is InChI=1S/C12H25NO5/c1-3-13-5-4-12(14)18-11-10-17-9-8-16-7-6-15-2/h13H,3-11H2,1-2H3. The van der Waals surface area contributed by atoms with Gasteiger partial charge in [0.25, 0.3) is 0 Å². The summed E-state index contributed by atoms with van der Waals surface area (Å²) in [4.78, 5) is 11.2. The molecule has 0 aliphatic heterocycles. The van der Waals surface area contributed by atoms with Gasteiger partial charge < -0.3 is 24.3 Å². The molecule has 6 nitrogen and oxygen atoms in total. The fourth-order valence-corrected chi connectivity index (χ4v) is 1.12. The molecule has 0 aromatic carbocycles. The van der Waals surface area contributed by atoms with Gasteiger partial charge in [0.1, 0.15) is 6.61 Å². The Morgan fingerprint density at radius 1 is 1.00 bits per heavy atom. The minimum atomic E-state index is -0.198. The molecule has 0 amide bonds. The van der Waals surface area contributed by atoms with E-state index in [2.05, 4.69) is 5.32 Å². The first-order valence-electron chi connectivity index (χ1n) is 6.32. The van der Waals surface area contributed by atoms with Crippen molar-refractivity contribution in [2.45, 2.75) is 13.3 Å². The van der Waals surface area contributed by atoms with Crippen LogP contribution in [0.4, 0.5) is 0 Å². The van der Waals surface area contributed by atoms with Crippen LogP contribution in [0, 0.1) is 0 Å². The molecule has 18 heavy (non-hydrogen) atoms. The van der Waals surface area contributed by atoms with E-state index in [1.54, 1.807) is 7.11 Å². The van der Waals surface area contributed by atoms with Gasteiger partial charge >= 0.3 is 5.97 Å². The average Bonchev–Trinajstić information content (AvgIpc) is 2.37. The van der Waals surface area contributed by atoms with Crippen LogP contribution in [0.2, 0.25) is 0 Å². The second kappa shape index (κ2) is 14.4. The molecular weight excluding hydrogens is 238 g/mol. The lowest BCUT2D eigenvalue weighted by atomic mass is 10.4. The zero-order chi connectivity index (χ0) is 13.5. The molecule has 0 atom stereocenters. The molecule has 0 aromatic heterocycles. The van der Waals surface area contributed by atoms with E-state index in [1.165, 1.54) is 0 Å². The number of methoxy groups -OCH3 is 1. The molecule has 1 N–H and O–H groups in total. The van der Waals surface area contributed by atoms with Gasteiger partial charge in [0.05, 0.1) is 39.5 Å². The molecule has 0 aliphatic carbocycles. The number of carbonyl (C=O) groups is 1. The summed E-state index contributed by atoms with van der Waals surface area (Å²) in [6, 6.07) is 0. The Morgan fingerprint density at radius 2 is 1.61 bits per heavy atom. The molecule has 0 aromatic rings. The summed E-state index contributed by atoms with van der Waals surface area (Å²) in [6.45, 7) is 6.39. The van der Waals surface area contributed by atoms with Crippen molar-refractivity contribution in [1.82, 2.24) is 5.32 Å². The summed E-state index contributed by atoms with van der Waals surface area (Å²) in [6.07, 6.45) is 0.397. The van der Waals surface area contributed by atoms with Crippen molar-refractivity contribution < 1.29 is 23.7 Å². The number of hydrogen-bond acceptors (Lipinski definition) is 6. The molecule has 0 aliphatic rings. The zero-order valence-corrected chi connectivity index (χ0v) is 11.4. The highest BCUT2D eigenvalue weighted by Gasteiger charge is 2.01. The van der Waals surface area contributed by atoms with Gasteiger partial charge in [-0.2, -0.15) is 0 Å². The highest BCUT2D eigenvalue weighted by Crippen LogP contribution is 1.86. The van der Waals surface area contributed by atoms with Gasteiger partial charge in [-0.15, -0.1) is 0 Å². The van der Waals surface area contributed by atoms with Crippen LogP contribution >= 0.6 is 0 Å². The maximum atomic E-state index is 11.2. The summed E-state index contributed by atoms with van der Waals surface area (Å²) in [5, 5.41) is 3.06. The van der Waals surface area contributed by atoms with Gasteiger partial charge in [-0.3, -0.25) is 4.79 Å². The maximum absolute atomic E-state index is 11.2. The van der Waals surface area contributed by atoms with Crippen LogP contribution < -0.4 is 5.32 Å². The highest BCUT2D eigenvalue weighted by atomic mass is 16.6. The normalized spacial score (nSPS) is 10.6. The highest BCUT2D eigenvalue weighted by molar-refractivity contribution is 5.69. The molecule has 6 heteroatoms. The fourth-order valence-electron chi connectivity index (χ4n) is 1.12. The molecule has 0 radical (unpaired) electrons. The molecule has 0 spiro atoms. The van der Waals surface area contributed by atoms with Crippen LogP contribution in [0.1, 0.15) is 13.3 Å². The Kier molecular flexibility index (Phi) is 13.8. The lowest BCUT2D eigenvalue weighted by Gasteiger charge is -2.07. The van der Waals surface area contributed by atoms with Crippen LogP contribution in [0.25, 0.3) is 0 Å². The minimum Gasteiger partial charge on any atom is -0.463 e. The Bertz CT molecular complexity index is 189. The topological polar surface area (TPSA) is 66.0 Å². The summed E-state index contributed by atoms with van der Waals surface area (Å²) in [5.74, 6) is -0.198. The van der Waals surface area contributed by atoms with E-state index in [4.69, 9.17) is 18.9 Å². The first kappa shape index (κ1) is 17.3. The first-order valence-corrected chi connectivity index (χ1v) is 6.32. The van der Waals surface area contributed by atoms with Gasteiger partial charge in [0.2, 0.25) is 0 Å². The molecule has 0 unspecified atom stereocenters. The SMILES string of the molecule is CCNCCC(=O)OCCOCCOCCOC. The van der Waals surface area contributed by atoms with E-state index < -0.39 is 0 Å². The summed E-state index contributed by atoms with van der Waals surface area (Å²) in [5.41, 5.74) is 0. The predicted octanol–water partition coefficient (Wildman–Crippen LogP) is 0.209. The summed E-state index contributed by atoms with van der Waals surface area (Å²) >= 11 is 0. The minimum absolute atomic E-state index is 0.198. The second-order valence-corrected chi connectivity index (χ2v) is 3.54. The van der Waals surface area contributed by atoms with Crippen molar-refractivity contribution in [1.29, 1.82) is 0 Å². The molecule has 0 heterocycles. The Hall–Kier alpha value is -0.690. The largest absolute Gasteiger partial charge is 0.463 e. The van der Waals surface area contributed by atoms with E-state index in [9.17, 15) is 4.79 Å². The predicted molar refractivity (Wildman–Crippen MR) is 67.6 cm³/mol. The van der Waals surface area contributed by atoms with Crippen LogP contribution in [-0.4, -0.2) is 65.8 Å². The van der Waals surface area contributed by atoms with Crippen LogP contribution in [0.15, 0.2) is 0 Å². The van der Waals surface area contributed by atoms with Crippen molar-refractivity contribution in [3.8, 4) is 0 Å². The van der Waals surface area contributed by atoms with Crippen molar-refractivity contribution in [3.05, 3.63) is 0 Å². The Morgan fingerprint density at radius 3 is 2.22 bits per heavy atom. The van der Waals surface area contributed by atoms with Gasteiger partial charge in [-0.05, 0) is 6.54 Å². The fraction of sp³-hybridized carbons (Fsp3) is 0.917. The first-order chi connectivity index (χ1) is 8.81. The van der Waals surface area contributed by atoms with Crippen LogP contribution in [0.5, 0.6) is 0 Å². The average molecular weight is 263 g/mol. The Balaban J connectivity index is 3.08. The third-order valence-corrected chi connectivity index (χ3v) is 2.05. The molecule has 108 valence electrons. The lowest BCUT2D eigenvalue weighted by Crippen LogP contribution is -2.20. The van der Waals surface area contributed by atoms with E-state index >= 15 is 0 Å². The molecule has 0 rings (SSSR count). The third kappa shape index (κ3) is 13.4. The smallest absolute Gasteiger partial charge is 0.307 e. The number of esters is 1. The monoisotopic (exact) mass is 263 g/mol. The van der Waals surface area contributed by atoms with Crippen molar-refractivity contribution >= 4 is 5.97 Å². The van der Waals surface area contributed by atoms with Crippen molar-refractivity contribution in [2.75, 3.05) is 59.8 Å². The Labute approximate surface area is 109 Å². The summed E-state index contributed by atoms with van der Waals surface area (Å²) < 4.78 is 20.2. The van der Waals surface area contributed by atoms with Gasteiger partial charge in [0, 0.05) is 13.7 Å². The number of ether oxygens (including phenoxy) is 4. The van der Waals surface area contributed by atoms with E-state index in [0.29, 0.717) is 52.6 Å². The molecule has 0 saturated heterocycles.